The molecule has 4 heteroatoms. The minimum atomic E-state index is -0.319. The summed E-state index contributed by atoms with van der Waals surface area (Å²) in [7, 11) is 0. The van der Waals surface area contributed by atoms with E-state index in [2.05, 4.69) is 11.7 Å². The van der Waals surface area contributed by atoms with Crippen LogP contribution >= 0.6 is 0 Å². The zero-order chi connectivity index (χ0) is 4.28. The van der Waals surface area contributed by atoms with E-state index in [1.165, 1.54) is 0 Å². The first-order valence-corrected chi connectivity index (χ1v) is 0.864. The Balaban J connectivity index is 2.85. The van der Waals surface area contributed by atoms with Gasteiger partial charge in [-0.2, -0.15) is 0 Å². The lowest BCUT2D eigenvalue weighted by molar-refractivity contribution is -0.828. The van der Waals surface area contributed by atoms with Gasteiger partial charge in [0, 0.05) is 0 Å². The number of nitrogens with zero attached hydrogens (tertiary/aromatic N) is 1. The quantitative estimate of drug-likeness (QED) is 0.200. The number of hydrogen-bond donors (Lipinski definition) is 1. The molecule has 0 heterocycles. The molecular formula is CH3NO3. The molecule has 0 aromatic rings. The summed E-state index contributed by atoms with van der Waals surface area (Å²) < 4.78 is 0. The van der Waals surface area contributed by atoms with Crippen molar-refractivity contribution in [2.45, 2.75) is 0 Å². The van der Waals surface area contributed by atoms with Crippen LogP contribution in [0.1, 0.15) is 0 Å². The summed E-state index contributed by atoms with van der Waals surface area (Å²) in [5.74, 6) is 0. The first-order valence-electron chi connectivity index (χ1n) is 0.864. The summed E-state index contributed by atoms with van der Waals surface area (Å²) >= 11 is 0. The maximum Gasteiger partial charge on any atom is 0.200 e. The number of hydrogen-bond acceptors (Lipinski definition) is 3. The summed E-state index contributed by atoms with van der Waals surface area (Å²) in [6.45, 7) is 2.56. The predicted molar refractivity (Wildman–Crippen MR) is 14.5 cm³/mol. The normalized spacial score (nSPS) is 6.60. The molecule has 0 fully saturated rings. The molecule has 0 saturated heterocycles. The van der Waals surface area contributed by atoms with E-state index in [-0.39, 0.29) is 4.90 Å². The minimum absolute atomic E-state index is 0.319. The third kappa shape index (κ3) is 3.23. The zero-order valence-corrected chi connectivity index (χ0v) is 2.42. The van der Waals surface area contributed by atoms with Gasteiger partial charge in [0.15, 0.2) is 6.72 Å². The molecule has 0 aliphatic carbocycles. The SMILES string of the molecule is C=[N+]([O-])OO. The first-order chi connectivity index (χ1) is 2.27. The van der Waals surface area contributed by atoms with Crippen LogP contribution in [-0.2, 0) is 4.99 Å². The maximum atomic E-state index is 9.15. The van der Waals surface area contributed by atoms with Crippen molar-refractivity contribution < 1.29 is 15.1 Å². The lowest BCUT2D eigenvalue weighted by Gasteiger charge is -1.85. The molecule has 30 valence electrons. The van der Waals surface area contributed by atoms with E-state index in [4.69, 9.17) is 10.5 Å². The fourth-order valence-corrected chi connectivity index (χ4v) is 0. The largest absolute Gasteiger partial charge is 0.259 e. The monoisotopic (exact) mass is 77.0 g/mol. The average Bonchev–Trinajstić information content (AvgIpc) is 1.38. The zero-order valence-electron chi connectivity index (χ0n) is 2.42. The minimum Gasteiger partial charge on any atom is -0.259 e. The second kappa shape index (κ2) is 1.54. The van der Waals surface area contributed by atoms with Crippen LogP contribution in [0.3, 0.4) is 0 Å². The topological polar surface area (TPSA) is 55.5 Å². The summed E-state index contributed by atoms with van der Waals surface area (Å²) in [6, 6.07) is 0. The Morgan fingerprint density at radius 2 is 2.20 bits per heavy atom. The molecule has 4 nitrogen and oxygen atoms in total. The second-order valence-corrected chi connectivity index (χ2v) is 0.414. The van der Waals surface area contributed by atoms with Crippen molar-refractivity contribution in [2.75, 3.05) is 0 Å². The van der Waals surface area contributed by atoms with Crippen LogP contribution in [0, 0.1) is 5.21 Å². The van der Waals surface area contributed by atoms with E-state index in [1.54, 1.807) is 0 Å². The fraction of sp³-hybridized carbons (Fsp3) is 0. The fourth-order valence-electron chi connectivity index (χ4n) is 0. The van der Waals surface area contributed by atoms with Crippen LogP contribution in [0.4, 0.5) is 0 Å². The average molecular weight is 77.0 g/mol. The molecule has 1 N–H and O–H groups in total. The highest BCUT2D eigenvalue weighted by atomic mass is 17.2. The molecular weight excluding hydrogens is 74.0 g/mol. The van der Waals surface area contributed by atoms with Crippen molar-refractivity contribution in [2.24, 2.45) is 0 Å². The molecule has 0 rings (SSSR count). The van der Waals surface area contributed by atoms with Crippen LogP contribution < -0.4 is 0 Å². The predicted octanol–water partition coefficient (Wildman–Crippen LogP) is -0.398. The van der Waals surface area contributed by atoms with Crippen molar-refractivity contribution in [1.29, 1.82) is 0 Å². The van der Waals surface area contributed by atoms with E-state index >= 15 is 0 Å². The van der Waals surface area contributed by atoms with Crippen LogP contribution in [-0.4, -0.2) is 16.9 Å². The molecule has 0 saturated carbocycles. The summed E-state index contributed by atoms with van der Waals surface area (Å²) in [5.41, 5.74) is 0. The molecule has 0 aromatic heterocycles. The molecule has 0 atom stereocenters. The van der Waals surface area contributed by atoms with E-state index < -0.39 is 0 Å². The van der Waals surface area contributed by atoms with Gasteiger partial charge in [0.1, 0.15) is 0 Å². The highest BCUT2D eigenvalue weighted by Gasteiger charge is 1.65. The van der Waals surface area contributed by atoms with Gasteiger partial charge in [-0.3, -0.25) is 15.5 Å². The van der Waals surface area contributed by atoms with Crippen molar-refractivity contribution >= 4 is 6.72 Å². The summed E-state index contributed by atoms with van der Waals surface area (Å²) in [4.78, 5) is 2.60. The summed E-state index contributed by atoms with van der Waals surface area (Å²) in [5, 5.41) is 16.3. The Kier molecular flexibility index (Phi) is 1.30. The molecule has 0 amide bonds. The van der Waals surface area contributed by atoms with E-state index in [0.717, 1.165) is 0 Å². The highest BCUT2D eigenvalue weighted by Crippen LogP contribution is 1.54. The van der Waals surface area contributed by atoms with Gasteiger partial charge in [0.2, 0.25) is 0 Å². The molecule has 5 heavy (non-hydrogen) atoms. The van der Waals surface area contributed by atoms with Gasteiger partial charge >= 0.3 is 0 Å². The van der Waals surface area contributed by atoms with Crippen LogP contribution in [0.5, 0.6) is 0 Å². The van der Waals surface area contributed by atoms with Crippen LogP contribution in [0.15, 0.2) is 0 Å². The van der Waals surface area contributed by atoms with Gasteiger partial charge in [-0.1, -0.05) is 0 Å². The first kappa shape index (κ1) is 4.23. The Morgan fingerprint density at radius 3 is 2.20 bits per heavy atom. The standard InChI is InChI=1S/CH3NO3/c1-2(3)5-4/h4H,1H2. The molecule has 0 bridgehead atoms. The van der Waals surface area contributed by atoms with Crippen molar-refractivity contribution in [3.05, 3.63) is 5.21 Å². The van der Waals surface area contributed by atoms with E-state index in [1.807, 2.05) is 0 Å². The van der Waals surface area contributed by atoms with Crippen LogP contribution in [0.25, 0.3) is 0 Å². The smallest absolute Gasteiger partial charge is 0.200 e. The van der Waals surface area contributed by atoms with Gasteiger partial charge in [0.05, 0.1) is 4.90 Å². The van der Waals surface area contributed by atoms with Crippen molar-refractivity contribution in [3.8, 4) is 0 Å². The molecule has 0 unspecified atom stereocenters. The molecule has 0 aromatic carbocycles. The highest BCUT2D eigenvalue weighted by molar-refractivity contribution is 5.13. The van der Waals surface area contributed by atoms with E-state index in [9.17, 15) is 0 Å². The lowest BCUT2D eigenvalue weighted by Crippen LogP contribution is -1.94. The van der Waals surface area contributed by atoms with Crippen molar-refractivity contribution in [3.63, 3.8) is 0 Å². The van der Waals surface area contributed by atoms with E-state index in [0.29, 0.717) is 0 Å². The van der Waals surface area contributed by atoms with Gasteiger partial charge in [-0.15, -0.1) is 0 Å². The molecule has 0 aliphatic heterocycles. The molecule has 0 aliphatic rings. The number of rotatable bonds is 1. The third-order valence-corrected chi connectivity index (χ3v) is 0.0911. The second-order valence-electron chi connectivity index (χ2n) is 0.414. The lowest BCUT2D eigenvalue weighted by atomic mass is 11.7. The van der Waals surface area contributed by atoms with Crippen molar-refractivity contribution in [1.82, 2.24) is 0 Å². The Labute approximate surface area is 28.4 Å². The molecule has 0 spiro atoms. The van der Waals surface area contributed by atoms with Gasteiger partial charge in [0.25, 0.3) is 0 Å². The maximum absolute atomic E-state index is 9.15. The van der Waals surface area contributed by atoms with Gasteiger partial charge in [-0.05, 0) is 0 Å². The van der Waals surface area contributed by atoms with Gasteiger partial charge < -0.3 is 0 Å². The Bertz CT molecular complexity index is 42.2. The third-order valence-electron chi connectivity index (χ3n) is 0.0911. The Morgan fingerprint density at radius 1 is 2.00 bits per heavy atom. The van der Waals surface area contributed by atoms with Gasteiger partial charge in [-0.25, -0.2) is 0 Å². The van der Waals surface area contributed by atoms with Crippen LogP contribution in [0.2, 0.25) is 0 Å². The molecule has 0 radical (unpaired) electrons. The Hall–Kier alpha value is -0.770. The summed E-state index contributed by atoms with van der Waals surface area (Å²) in [6.07, 6.45) is 0.